The van der Waals surface area contributed by atoms with Crippen LogP contribution in [-0.2, 0) is 17.8 Å². The highest BCUT2D eigenvalue weighted by Gasteiger charge is 2.31. The van der Waals surface area contributed by atoms with Crippen molar-refractivity contribution in [3.63, 3.8) is 0 Å². The van der Waals surface area contributed by atoms with Crippen molar-refractivity contribution >= 4 is 5.91 Å². The summed E-state index contributed by atoms with van der Waals surface area (Å²) in [5, 5.41) is 3.14. The van der Waals surface area contributed by atoms with E-state index in [0.717, 1.165) is 32.5 Å². The Kier molecular flexibility index (Phi) is 4.93. The van der Waals surface area contributed by atoms with Gasteiger partial charge in [-0.25, -0.2) is 4.98 Å². The van der Waals surface area contributed by atoms with Crippen LogP contribution in [0.1, 0.15) is 69.3 Å². The minimum Gasteiger partial charge on any atom is -0.354 e. The van der Waals surface area contributed by atoms with Gasteiger partial charge < -0.3 is 9.88 Å². The standard InChI is InChI=1S/C20H30N4O/c1-15(20(25)21-11-9-16-5-3-2-4-6-16)23-12-10-19-18(13-23)22-14-24(19)17-7-8-17/h5,14-15,17H,2-4,6-13H2,1H3,(H,21,25). The Hall–Kier alpha value is -1.62. The van der Waals surface area contributed by atoms with Crippen LogP contribution in [0.4, 0.5) is 0 Å². The van der Waals surface area contributed by atoms with Crippen LogP contribution in [0.3, 0.4) is 0 Å². The quantitative estimate of drug-likeness (QED) is 0.809. The van der Waals surface area contributed by atoms with E-state index in [0.29, 0.717) is 6.04 Å². The highest BCUT2D eigenvalue weighted by molar-refractivity contribution is 5.81. The fourth-order valence-corrected chi connectivity index (χ4v) is 4.14. The molecule has 0 radical (unpaired) electrons. The van der Waals surface area contributed by atoms with Gasteiger partial charge in [0.2, 0.25) is 5.91 Å². The molecule has 1 N–H and O–H groups in total. The topological polar surface area (TPSA) is 50.2 Å². The summed E-state index contributed by atoms with van der Waals surface area (Å²) in [6.07, 6.45) is 14.0. The number of imidazole rings is 1. The van der Waals surface area contributed by atoms with Crippen LogP contribution in [0.5, 0.6) is 0 Å². The lowest BCUT2D eigenvalue weighted by atomic mass is 9.97. The first-order valence-corrected chi connectivity index (χ1v) is 9.96. The van der Waals surface area contributed by atoms with E-state index < -0.39 is 0 Å². The number of nitrogens with one attached hydrogen (secondary N) is 1. The lowest BCUT2D eigenvalue weighted by Crippen LogP contribution is -2.47. The summed E-state index contributed by atoms with van der Waals surface area (Å²) in [6, 6.07) is 0.608. The number of carbonyl (C=O) groups is 1. The van der Waals surface area contributed by atoms with E-state index in [4.69, 9.17) is 0 Å². The number of hydrogen-bond acceptors (Lipinski definition) is 3. The van der Waals surface area contributed by atoms with Crippen molar-refractivity contribution in [1.29, 1.82) is 0 Å². The van der Waals surface area contributed by atoms with E-state index >= 15 is 0 Å². The third kappa shape index (κ3) is 3.81. The molecule has 1 amide bonds. The van der Waals surface area contributed by atoms with Crippen LogP contribution in [0.25, 0.3) is 0 Å². The Morgan fingerprint density at radius 3 is 3.00 bits per heavy atom. The van der Waals surface area contributed by atoms with Crippen molar-refractivity contribution in [3.05, 3.63) is 29.4 Å². The van der Waals surface area contributed by atoms with Gasteiger partial charge in [-0.2, -0.15) is 0 Å². The SMILES string of the molecule is CC(C(=O)NCCC1=CCCCC1)N1CCc2c(ncn2C2CC2)C1. The van der Waals surface area contributed by atoms with Crippen LogP contribution >= 0.6 is 0 Å². The molecule has 1 fully saturated rings. The molecule has 1 atom stereocenters. The molecule has 3 aliphatic rings. The molecule has 5 nitrogen and oxygen atoms in total. The van der Waals surface area contributed by atoms with Crippen molar-refractivity contribution in [3.8, 4) is 0 Å². The first-order valence-electron chi connectivity index (χ1n) is 9.96. The van der Waals surface area contributed by atoms with Gasteiger partial charge in [0.25, 0.3) is 0 Å². The van der Waals surface area contributed by atoms with Crippen LogP contribution in [-0.4, -0.2) is 39.5 Å². The zero-order valence-corrected chi connectivity index (χ0v) is 15.3. The van der Waals surface area contributed by atoms with Gasteiger partial charge in [0.15, 0.2) is 0 Å². The number of fused-ring (bicyclic) bond motifs is 1. The molecule has 136 valence electrons. The minimum absolute atomic E-state index is 0.0837. The molecule has 25 heavy (non-hydrogen) atoms. The molecular formula is C20H30N4O. The molecule has 0 aromatic carbocycles. The van der Waals surface area contributed by atoms with Crippen molar-refractivity contribution in [2.24, 2.45) is 0 Å². The normalized spacial score (nSPS) is 22.2. The summed E-state index contributed by atoms with van der Waals surface area (Å²) >= 11 is 0. The van der Waals surface area contributed by atoms with E-state index in [-0.39, 0.29) is 11.9 Å². The fourth-order valence-electron chi connectivity index (χ4n) is 4.14. The van der Waals surface area contributed by atoms with Gasteiger partial charge in [-0.3, -0.25) is 9.69 Å². The van der Waals surface area contributed by atoms with E-state index in [1.807, 2.05) is 13.3 Å². The van der Waals surface area contributed by atoms with Gasteiger partial charge in [0.1, 0.15) is 0 Å². The van der Waals surface area contributed by atoms with Crippen molar-refractivity contribution in [1.82, 2.24) is 19.8 Å². The van der Waals surface area contributed by atoms with E-state index in [9.17, 15) is 4.79 Å². The first kappa shape index (κ1) is 16.8. The molecule has 1 aromatic heterocycles. The van der Waals surface area contributed by atoms with Crippen LogP contribution < -0.4 is 5.32 Å². The summed E-state index contributed by atoms with van der Waals surface area (Å²) in [6.45, 7) is 4.54. The van der Waals surface area contributed by atoms with Gasteiger partial charge in [0.05, 0.1) is 18.1 Å². The molecule has 1 saturated carbocycles. The molecule has 2 heterocycles. The van der Waals surface area contributed by atoms with Gasteiger partial charge in [-0.05, 0) is 51.9 Å². The summed E-state index contributed by atoms with van der Waals surface area (Å²) in [4.78, 5) is 19.4. The predicted molar refractivity (Wildman–Crippen MR) is 98.3 cm³/mol. The maximum absolute atomic E-state index is 12.5. The Bertz CT molecular complexity index is 659. The van der Waals surface area contributed by atoms with Crippen LogP contribution in [0, 0.1) is 0 Å². The predicted octanol–water partition coefficient (Wildman–Crippen LogP) is 2.97. The molecule has 4 rings (SSSR count). The maximum atomic E-state index is 12.5. The summed E-state index contributed by atoms with van der Waals surface area (Å²) < 4.78 is 2.37. The number of carbonyl (C=O) groups excluding carboxylic acids is 1. The Labute approximate surface area is 150 Å². The third-order valence-corrected chi connectivity index (χ3v) is 5.97. The number of nitrogens with zero attached hydrogens (tertiary/aromatic N) is 3. The number of allylic oxidation sites excluding steroid dienone is 1. The van der Waals surface area contributed by atoms with E-state index in [2.05, 4.69) is 25.8 Å². The molecule has 1 aliphatic heterocycles. The van der Waals surface area contributed by atoms with E-state index in [1.165, 1.54) is 55.5 Å². The molecule has 1 aromatic rings. The molecule has 5 heteroatoms. The summed E-state index contributed by atoms with van der Waals surface area (Å²) in [5.41, 5.74) is 4.09. The Morgan fingerprint density at radius 1 is 1.36 bits per heavy atom. The smallest absolute Gasteiger partial charge is 0.237 e. The van der Waals surface area contributed by atoms with Gasteiger partial charge >= 0.3 is 0 Å². The fraction of sp³-hybridized carbons (Fsp3) is 0.700. The number of rotatable bonds is 6. The summed E-state index contributed by atoms with van der Waals surface area (Å²) in [7, 11) is 0. The lowest BCUT2D eigenvalue weighted by molar-refractivity contribution is -0.126. The van der Waals surface area contributed by atoms with Gasteiger partial charge in [-0.1, -0.05) is 11.6 Å². The zero-order valence-electron chi connectivity index (χ0n) is 15.3. The monoisotopic (exact) mass is 342 g/mol. The van der Waals surface area contributed by atoms with Crippen molar-refractivity contribution in [2.75, 3.05) is 13.1 Å². The second-order valence-electron chi connectivity index (χ2n) is 7.82. The average molecular weight is 342 g/mol. The van der Waals surface area contributed by atoms with Crippen molar-refractivity contribution in [2.45, 2.75) is 76.9 Å². The van der Waals surface area contributed by atoms with Gasteiger partial charge in [-0.15, -0.1) is 0 Å². The number of amides is 1. The highest BCUT2D eigenvalue weighted by Crippen LogP contribution is 2.37. The number of hydrogen-bond donors (Lipinski definition) is 1. The first-order chi connectivity index (χ1) is 12.2. The Morgan fingerprint density at radius 2 is 2.24 bits per heavy atom. The highest BCUT2D eigenvalue weighted by atomic mass is 16.2. The largest absolute Gasteiger partial charge is 0.354 e. The van der Waals surface area contributed by atoms with E-state index in [1.54, 1.807) is 0 Å². The minimum atomic E-state index is -0.0837. The van der Waals surface area contributed by atoms with Crippen molar-refractivity contribution < 1.29 is 4.79 Å². The average Bonchev–Trinajstić information content (AvgIpc) is 3.40. The molecular weight excluding hydrogens is 312 g/mol. The zero-order chi connectivity index (χ0) is 17.2. The second-order valence-corrected chi connectivity index (χ2v) is 7.82. The van der Waals surface area contributed by atoms with Crippen LogP contribution in [0.2, 0.25) is 0 Å². The van der Waals surface area contributed by atoms with Crippen LogP contribution in [0.15, 0.2) is 18.0 Å². The molecule has 1 unspecified atom stereocenters. The summed E-state index contributed by atoms with van der Waals surface area (Å²) in [5.74, 6) is 0.154. The second kappa shape index (κ2) is 7.32. The molecule has 2 aliphatic carbocycles. The third-order valence-electron chi connectivity index (χ3n) is 5.97. The lowest BCUT2D eigenvalue weighted by Gasteiger charge is -2.31. The number of aromatic nitrogens is 2. The molecule has 0 spiro atoms. The molecule has 0 saturated heterocycles. The van der Waals surface area contributed by atoms with Gasteiger partial charge in [0, 0.05) is 37.8 Å². The molecule has 0 bridgehead atoms. The maximum Gasteiger partial charge on any atom is 0.237 e. The Balaban J connectivity index is 1.27.